The van der Waals surface area contributed by atoms with Crippen LogP contribution in [0, 0.1) is 10.1 Å². The molecule has 7 nitrogen and oxygen atoms in total. The van der Waals surface area contributed by atoms with E-state index in [1.54, 1.807) is 24.3 Å². The van der Waals surface area contributed by atoms with Crippen molar-refractivity contribution >= 4 is 18.6 Å². The van der Waals surface area contributed by atoms with Crippen LogP contribution < -0.4 is 9.83 Å². The molecule has 0 spiro atoms. The molecule has 2 bridgehead atoms. The fourth-order valence-electron chi connectivity index (χ4n) is 4.16. The molecule has 0 aromatic heterocycles. The molecule has 0 saturated carbocycles. The Morgan fingerprint density at radius 3 is 2.21 bits per heavy atom. The van der Waals surface area contributed by atoms with Gasteiger partial charge in [0.15, 0.2) is 0 Å². The fraction of sp³-hybridized carbons (Fsp3) is 0.400. The summed E-state index contributed by atoms with van der Waals surface area (Å²) in [7, 11) is -1.49. The molecule has 2 heterocycles. The monoisotopic (exact) mass is 402 g/mol. The van der Waals surface area contributed by atoms with Crippen LogP contribution in [0.15, 0.2) is 54.6 Å². The molecule has 0 radical (unpaired) electrons. The maximum atomic E-state index is 13.8. The molecule has 4 atom stereocenters. The van der Waals surface area contributed by atoms with Gasteiger partial charge in [-0.1, -0.05) is 18.2 Å². The van der Waals surface area contributed by atoms with Crippen molar-refractivity contribution in [2.75, 3.05) is 7.05 Å². The lowest BCUT2D eigenvalue weighted by molar-refractivity contribution is -0.384. The second-order valence-electron chi connectivity index (χ2n) is 7.42. The molecule has 4 rings (SSSR count). The average molecular weight is 402 g/mol. The molecule has 2 aliphatic rings. The van der Waals surface area contributed by atoms with Crippen LogP contribution in [0.1, 0.15) is 25.7 Å². The second-order valence-corrected chi connectivity index (χ2v) is 9.33. The highest BCUT2D eigenvalue weighted by Crippen LogP contribution is 2.51. The molecule has 2 aromatic carbocycles. The minimum absolute atomic E-state index is 0.0466. The summed E-state index contributed by atoms with van der Waals surface area (Å²) in [5.41, 5.74) is -0.0466. The van der Waals surface area contributed by atoms with Crippen LogP contribution in [0.5, 0.6) is 5.75 Å². The van der Waals surface area contributed by atoms with Crippen molar-refractivity contribution < 1.29 is 18.5 Å². The van der Waals surface area contributed by atoms with Crippen molar-refractivity contribution in [2.45, 2.75) is 43.9 Å². The van der Waals surface area contributed by atoms with Gasteiger partial charge in [-0.05, 0) is 57.0 Å². The van der Waals surface area contributed by atoms with Gasteiger partial charge >= 0.3 is 7.60 Å². The number of benzene rings is 2. The average Bonchev–Trinajstić information content (AvgIpc) is 2.90. The van der Waals surface area contributed by atoms with Crippen LogP contribution in [0.2, 0.25) is 0 Å². The summed E-state index contributed by atoms with van der Waals surface area (Å²) in [6.45, 7) is 0. The Kier molecular flexibility index (Phi) is 5.23. The maximum Gasteiger partial charge on any atom is 0.411 e. The molecule has 28 heavy (non-hydrogen) atoms. The van der Waals surface area contributed by atoms with E-state index in [1.165, 1.54) is 24.3 Å². The predicted molar refractivity (Wildman–Crippen MR) is 106 cm³/mol. The van der Waals surface area contributed by atoms with Gasteiger partial charge < -0.3 is 9.42 Å². The Morgan fingerprint density at radius 1 is 1.04 bits per heavy atom. The molecule has 0 amide bonds. The van der Waals surface area contributed by atoms with Gasteiger partial charge in [0, 0.05) is 24.2 Å². The quantitative estimate of drug-likeness (QED) is 0.410. The molecule has 0 N–H and O–H groups in total. The maximum absolute atomic E-state index is 13.8. The van der Waals surface area contributed by atoms with Gasteiger partial charge in [0.05, 0.1) is 16.3 Å². The number of nitro groups is 1. The van der Waals surface area contributed by atoms with Crippen molar-refractivity contribution in [2.24, 2.45) is 0 Å². The van der Waals surface area contributed by atoms with E-state index in [-0.39, 0.29) is 17.5 Å². The topological polar surface area (TPSA) is 81.9 Å². The number of fused-ring (bicyclic) bond motifs is 2. The molecule has 2 fully saturated rings. The van der Waals surface area contributed by atoms with Crippen molar-refractivity contribution in [3.05, 3.63) is 64.7 Å². The summed E-state index contributed by atoms with van der Waals surface area (Å²) in [6.07, 6.45) is 3.79. The number of rotatable bonds is 6. The third-order valence-electron chi connectivity index (χ3n) is 5.69. The SMILES string of the molecule is CN1[C@@H]2CC[C@H]1CC(OP(=O)(Oc1ccc([N+](=O)[O-])cc1)c1ccccc1)C2. The van der Waals surface area contributed by atoms with Gasteiger partial charge in [-0.25, -0.2) is 4.57 Å². The highest BCUT2D eigenvalue weighted by Gasteiger charge is 2.42. The van der Waals surface area contributed by atoms with E-state index < -0.39 is 12.5 Å². The van der Waals surface area contributed by atoms with E-state index in [0.717, 1.165) is 25.7 Å². The summed E-state index contributed by atoms with van der Waals surface area (Å²) >= 11 is 0. The first kappa shape index (κ1) is 19.1. The van der Waals surface area contributed by atoms with Crippen LogP contribution in [-0.4, -0.2) is 35.1 Å². The highest BCUT2D eigenvalue weighted by atomic mass is 31.2. The zero-order valence-corrected chi connectivity index (χ0v) is 16.5. The minimum atomic E-state index is -3.63. The molecule has 2 aromatic rings. The number of non-ortho nitro benzene ring substituents is 1. The third-order valence-corrected chi connectivity index (χ3v) is 7.65. The Morgan fingerprint density at radius 2 is 1.64 bits per heavy atom. The van der Waals surface area contributed by atoms with E-state index in [0.29, 0.717) is 17.4 Å². The highest BCUT2D eigenvalue weighted by molar-refractivity contribution is 7.62. The van der Waals surface area contributed by atoms with E-state index >= 15 is 0 Å². The van der Waals surface area contributed by atoms with E-state index in [9.17, 15) is 14.7 Å². The van der Waals surface area contributed by atoms with Crippen molar-refractivity contribution in [1.82, 2.24) is 4.90 Å². The van der Waals surface area contributed by atoms with Crippen LogP contribution >= 0.6 is 7.60 Å². The first-order chi connectivity index (χ1) is 13.4. The fourth-order valence-corrected chi connectivity index (χ4v) is 5.93. The van der Waals surface area contributed by atoms with Crippen molar-refractivity contribution in [1.29, 1.82) is 0 Å². The summed E-state index contributed by atoms with van der Waals surface area (Å²) in [5.74, 6) is 0.286. The first-order valence-corrected chi connectivity index (χ1v) is 11.0. The lowest BCUT2D eigenvalue weighted by Crippen LogP contribution is -2.43. The largest absolute Gasteiger partial charge is 0.421 e. The molecule has 148 valence electrons. The van der Waals surface area contributed by atoms with Crippen LogP contribution in [0.4, 0.5) is 5.69 Å². The van der Waals surface area contributed by atoms with Crippen molar-refractivity contribution in [3.63, 3.8) is 0 Å². The van der Waals surface area contributed by atoms with E-state index in [4.69, 9.17) is 9.05 Å². The van der Waals surface area contributed by atoms with E-state index in [1.807, 2.05) is 6.07 Å². The van der Waals surface area contributed by atoms with Crippen molar-refractivity contribution in [3.8, 4) is 5.75 Å². The van der Waals surface area contributed by atoms with Crippen LogP contribution in [0.3, 0.4) is 0 Å². The molecule has 2 aliphatic heterocycles. The number of hydrogen-bond donors (Lipinski definition) is 0. The molecular formula is C20H23N2O5P. The number of piperidine rings is 1. The summed E-state index contributed by atoms with van der Waals surface area (Å²) < 4.78 is 25.8. The van der Waals surface area contributed by atoms with E-state index in [2.05, 4.69) is 11.9 Å². The summed E-state index contributed by atoms with van der Waals surface area (Å²) in [4.78, 5) is 12.8. The first-order valence-electron chi connectivity index (χ1n) is 9.45. The van der Waals surface area contributed by atoms with Gasteiger partial charge in [0.1, 0.15) is 5.75 Å². The zero-order valence-electron chi connectivity index (χ0n) is 15.6. The molecular weight excluding hydrogens is 379 g/mol. The third kappa shape index (κ3) is 3.83. The molecule has 2 saturated heterocycles. The van der Waals surface area contributed by atoms with Gasteiger partial charge in [-0.2, -0.15) is 0 Å². The Bertz CT molecular complexity index is 875. The molecule has 0 aliphatic carbocycles. The number of hydrogen-bond acceptors (Lipinski definition) is 6. The Hall–Kier alpha value is -2.21. The van der Waals surface area contributed by atoms with Crippen LogP contribution in [0.25, 0.3) is 0 Å². The number of nitrogens with zero attached hydrogens (tertiary/aromatic N) is 2. The van der Waals surface area contributed by atoms with Crippen LogP contribution in [-0.2, 0) is 9.09 Å². The normalized spacial score (nSPS) is 26.5. The summed E-state index contributed by atoms with van der Waals surface area (Å²) in [6, 6.07) is 15.4. The van der Waals surface area contributed by atoms with Gasteiger partial charge in [0.2, 0.25) is 0 Å². The van der Waals surface area contributed by atoms with Gasteiger partial charge in [0.25, 0.3) is 5.69 Å². The minimum Gasteiger partial charge on any atom is -0.421 e. The lowest BCUT2D eigenvalue weighted by atomic mass is 10.0. The standard InChI is InChI=1S/C20H23N2O5P/c1-21-16-7-8-17(21)14-19(13-16)27-28(25,20-5-3-2-4-6-20)26-18-11-9-15(10-12-18)22(23)24/h2-6,9-12,16-17,19H,7-8,13-14H2,1H3/t16-,17+,19?,28?. The summed E-state index contributed by atoms with van der Waals surface area (Å²) in [5, 5.41) is 11.3. The molecule has 8 heteroatoms. The predicted octanol–water partition coefficient (Wildman–Crippen LogP) is 4.13. The number of nitro benzene ring substituents is 1. The van der Waals surface area contributed by atoms with Gasteiger partial charge in [-0.15, -0.1) is 0 Å². The lowest BCUT2D eigenvalue weighted by Gasteiger charge is -2.37. The smallest absolute Gasteiger partial charge is 0.411 e. The Labute approximate surface area is 163 Å². The molecule has 2 unspecified atom stereocenters. The Balaban J connectivity index is 1.58. The zero-order chi connectivity index (χ0) is 19.7. The van der Waals surface area contributed by atoms with Gasteiger partial charge in [-0.3, -0.25) is 14.6 Å². The second kappa shape index (κ2) is 7.66.